The molecule has 0 aliphatic carbocycles. The Morgan fingerprint density at radius 3 is 2.46 bits per heavy atom. The summed E-state index contributed by atoms with van der Waals surface area (Å²) in [5, 5.41) is 2.73. The Morgan fingerprint density at radius 2 is 1.85 bits per heavy atom. The predicted molar refractivity (Wildman–Crippen MR) is 91.7 cm³/mol. The van der Waals surface area contributed by atoms with E-state index in [1.165, 1.54) is 17.0 Å². The lowest BCUT2D eigenvalue weighted by atomic mass is 10.1. The second-order valence-electron chi connectivity index (χ2n) is 5.60. The Kier molecular flexibility index (Phi) is 6.48. The lowest BCUT2D eigenvalue weighted by Gasteiger charge is -2.18. The molecule has 0 spiro atoms. The summed E-state index contributed by atoms with van der Waals surface area (Å²) in [6.45, 7) is -2.34. The number of alkyl halides is 2. The molecule has 0 saturated heterocycles. The molecule has 0 aliphatic rings. The van der Waals surface area contributed by atoms with E-state index in [0.29, 0.717) is 12.1 Å². The molecule has 2 aromatic rings. The predicted octanol–water partition coefficient (Wildman–Crippen LogP) is 2.73. The highest BCUT2D eigenvalue weighted by atomic mass is 19.3. The zero-order valence-electron chi connectivity index (χ0n) is 14.1. The van der Waals surface area contributed by atoms with Gasteiger partial charge in [-0.25, -0.2) is 4.79 Å². The lowest BCUT2D eigenvalue weighted by Crippen LogP contribution is -2.36. The minimum Gasteiger partial charge on any atom is -0.435 e. The number of nitrogens with two attached hydrogens (primary N) is 1. The highest BCUT2D eigenvalue weighted by molar-refractivity contribution is 5.92. The maximum absolute atomic E-state index is 12.2. The van der Waals surface area contributed by atoms with Crippen molar-refractivity contribution in [2.45, 2.75) is 19.7 Å². The van der Waals surface area contributed by atoms with Crippen LogP contribution in [0.15, 0.2) is 48.5 Å². The van der Waals surface area contributed by atoms with Crippen molar-refractivity contribution in [2.75, 3.05) is 7.05 Å². The molecule has 0 aliphatic heterocycles. The molecule has 2 rings (SSSR count). The maximum atomic E-state index is 12.2. The summed E-state index contributed by atoms with van der Waals surface area (Å²) in [6, 6.07) is 12.4. The number of primary amides is 1. The van der Waals surface area contributed by atoms with Crippen LogP contribution in [0.2, 0.25) is 0 Å². The van der Waals surface area contributed by atoms with Gasteiger partial charge in [-0.05, 0) is 35.4 Å². The molecular weight excluding hydrogens is 344 g/mol. The molecule has 0 unspecified atom stereocenters. The Morgan fingerprint density at radius 1 is 1.15 bits per heavy atom. The van der Waals surface area contributed by atoms with E-state index in [1.54, 1.807) is 43.4 Å². The van der Waals surface area contributed by atoms with E-state index in [2.05, 4.69) is 10.1 Å². The summed E-state index contributed by atoms with van der Waals surface area (Å²) in [6.07, 6.45) is 0. The molecule has 0 aromatic heterocycles. The molecular formula is C18H19F2N3O3. The van der Waals surface area contributed by atoms with Crippen LogP contribution in [0.4, 0.5) is 13.6 Å². The van der Waals surface area contributed by atoms with Gasteiger partial charge < -0.3 is 20.7 Å². The van der Waals surface area contributed by atoms with E-state index in [4.69, 9.17) is 5.73 Å². The first-order valence-corrected chi connectivity index (χ1v) is 7.76. The quantitative estimate of drug-likeness (QED) is 0.793. The van der Waals surface area contributed by atoms with Gasteiger partial charge in [0.2, 0.25) is 5.91 Å². The number of urea groups is 1. The molecule has 2 aromatic carbocycles. The van der Waals surface area contributed by atoms with Crippen molar-refractivity contribution in [1.29, 1.82) is 0 Å². The van der Waals surface area contributed by atoms with E-state index < -0.39 is 12.5 Å². The standard InChI is InChI=1S/C18H19F2N3O3/c1-23(11-12-5-7-15(8-6-12)26-17(19)20)18(25)22-10-13-3-2-4-14(9-13)16(21)24/h2-9,17H,10-11H2,1H3,(H2,21,24)(H,22,25). The highest BCUT2D eigenvalue weighted by Crippen LogP contribution is 2.15. The third-order valence-corrected chi connectivity index (χ3v) is 3.57. The van der Waals surface area contributed by atoms with Crippen LogP contribution in [0.1, 0.15) is 21.5 Å². The van der Waals surface area contributed by atoms with Gasteiger partial charge in [-0.2, -0.15) is 8.78 Å². The average molecular weight is 363 g/mol. The molecule has 3 N–H and O–H groups in total. The topological polar surface area (TPSA) is 84.7 Å². The van der Waals surface area contributed by atoms with Gasteiger partial charge in [-0.15, -0.1) is 0 Å². The normalized spacial score (nSPS) is 10.5. The first-order chi connectivity index (χ1) is 12.3. The molecule has 0 bridgehead atoms. The number of ether oxygens (including phenoxy) is 1. The van der Waals surface area contributed by atoms with Crippen LogP contribution in [-0.2, 0) is 13.1 Å². The van der Waals surface area contributed by atoms with Crippen LogP contribution in [0, 0.1) is 0 Å². The first-order valence-electron chi connectivity index (χ1n) is 7.76. The minimum absolute atomic E-state index is 0.0604. The zero-order chi connectivity index (χ0) is 19.1. The summed E-state index contributed by atoms with van der Waals surface area (Å²) in [4.78, 5) is 24.8. The number of hydrogen-bond acceptors (Lipinski definition) is 3. The Labute approximate surface area is 149 Å². The summed E-state index contributed by atoms with van der Waals surface area (Å²) in [7, 11) is 1.61. The van der Waals surface area contributed by atoms with E-state index in [9.17, 15) is 18.4 Å². The summed E-state index contributed by atoms with van der Waals surface area (Å²) < 4.78 is 28.5. The first kappa shape index (κ1) is 19.2. The Balaban J connectivity index is 1.87. The molecule has 0 atom stereocenters. The second-order valence-corrected chi connectivity index (χ2v) is 5.60. The summed E-state index contributed by atoms with van der Waals surface area (Å²) >= 11 is 0. The summed E-state index contributed by atoms with van der Waals surface area (Å²) in [5.41, 5.74) is 7.11. The van der Waals surface area contributed by atoms with Crippen LogP contribution in [0.5, 0.6) is 5.75 Å². The monoisotopic (exact) mass is 363 g/mol. The molecule has 0 fully saturated rings. The Hall–Kier alpha value is -3.16. The van der Waals surface area contributed by atoms with Crippen molar-refractivity contribution in [3.05, 3.63) is 65.2 Å². The highest BCUT2D eigenvalue weighted by Gasteiger charge is 2.10. The number of rotatable bonds is 7. The number of benzene rings is 2. The van der Waals surface area contributed by atoms with Gasteiger partial charge in [0.1, 0.15) is 5.75 Å². The van der Waals surface area contributed by atoms with Crippen LogP contribution in [-0.4, -0.2) is 30.5 Å². The van der Waals surface area contributed by atoms with Crippen molar-refractivity contribution in [3.8, 4) is 5.75 Å². The number of carbonyl (C=O) groups excluding carboxylic acids is 2. The largest absolute Gasteiger partial charge is 0.435 e. The molecule has 138 valence electrons. The third kappa shape index (κ3) is 5.73. The van der Waals surface area contributed by atoms with Gasteiger partial charge >= 0.3 is 12.6 Å². The minimum atomic E-state index is -2.87. The van der Waals surface area contributed by atoms with Crippen molar-refractivity contribution in [2.24, 2.45) is 5.73 Å². The van der Waals surface area contributed by atoms with Crippen LogP contribution in [0.25, 0.3) is 0 Å². The van der Waals surface area contributed by atoms with Gasteiger partial charge in [0.05, 0.1) is 0 Å². The molecule has 8 heteroatoms. The van der Waals surface area contributed by atoms with E-state index in [-0.39, 0.29) is 18.3 Å². The van der Waals surface area contributed by atoms with E-state index >= 15 is 0 Å². The number of nitrogens with zero attached hydrogens (tertiary/aromatic N) is 1. The summed E-state index contributed by atoms with van der Waals surface area (Å²) in [5.74, 6) is -0.472. The number of hydrogen-bond donors (Lipinski definition) is 2. The van der Waals surface area contributed by atoms with Crippen molar-refractivity contribution < 1.29 is 23.1 Å². The second kappa shape index (κ2) is 8.80. The molecule has 6 nitrogen and oxygen atoms in total. The van der Waals surface area contributed by atoms with Crippen LogP contribution in [0.3, 0.4) is 0 Å². The van der Waals surface area contributed by atoms with Crippen molar-refractivity contribution >= 4 is 11.9 Å². The smallest absolute Gasteiger partial charge is 0.387 e. The fourth-order valence-electron chi connectivity index (χ4n) is 2.27. The average Bonchev–Trinajstić information content (AvgIpc) is 2.61. The SMILES string of the molecule is CN(Cc1ccc(OC(F)F)cc1)C(=O)NCc1cccc(C(N)=O)c1. The molecule has 0 radical (unpaired) electrons. The lowest BCUT2D eigenvalue weighted by molar-refractivity contribution is -0.0498. The van der Waals surface area contributed by atoms with E-state index in [0.717, 1.165) is 11.1 Å². The number of halogens is 2. The fourth-order valence-corrected chi connectivity index (χ4v) is 2.27. The van der Waals surface area contributed by atoms with Crippen LogP contribution < -0.4 is 15.8 Å². The van der Waals surface area contributed by atoms with Gasteiger partial charge in [0.25, 0.3) is 0 Å². The zero-order valence-corrected chi connectivity index (χ0v) is 14.1. The molecule has 26 heavy (non-hydrogen) atoms. The van der Waals surface area contributed by atoms with Gasteiger partial charge in [-0.1, -0.05) is 24.3 Å². The van der Waals surface area contributed by atoms with Crippen molar-refractivity contribution in [3.63, 3.8) is 0 Å². The maximum Gasteiger partial charge on any atom is 0.387 e. The van der Waals surface area contributed by atoms with Gasteiger partial charge in [0, 0.05) is 25.7 Å². The van der Waals surface area contributed by atoms with Gasteiger partial charge in [0.15, 0.2) is 0 Å². The third-order valence-electron chi connectivity index (χ3n) is 3.57. The van der Waals surface area contributed by atoms with Gasteiger partial charge in [-0.3, -0.25) is 4.79 Å². The number of nitrogens with one attached hydrogen (secondary N) is 1. The molecule has 3 amide bonds. The number of carbonyl (C=O) groups is 2. The molecule has 0 heterocycles. The van der Waals surface area contributed by atoms with Crippen LogP contribution >= 0.6 is 0 Å². The van der Waals surface area contributed by atoms with E-state index in [1.807, 2.05) is 0 Å². The number of amides is 3. The molecule has 0 saturated carbocycles. The fraction of sp³-hybridized carbons (Fsp3) is 0.222. The Bertz CT molecular complexity index is 767. The van der Waals surface area contributed by atoms with Crippen molar-refractivity contribution in [1.82, 2.24) is 10.2 Å².